The zero-order valence-corrected chi connectivity index (χ0v) is 28.0. The molecule has 2 atom stereocenters. The highest BCUT2D eigenvalue weighted by Gasteiger charge is 2.43. The number of benzene rings is 2. The van der Waals surface area contributed by atoms with Gasteiger partial charge in [-0.1, -0.05) is 42.2 Å². The van der Waals surface area contributed by atoms with E-state index in [9.17, 15) is 9.59 Å². The third kappa shape index (κ3) is 8.51. The van der Waals surface area contributed by atoms with Gasteiger partial charge < -0.3 is 29.6 Å². The van der Waals surface area contributed by atoms with Crippen molar-refractivity contribution in [2.45, 2.75) is 89.9 Å². The Kier molecular flexibility index (Phi) is 11.1. The number of aromatic nitrogens is 1. The van der Waals surface area contributed by atoms with Crippen molar-refractivity contribution < 1.29 is 19.1 Å². The number of likely N-dealkylation sites (tertiary alicyclic amines) is 1. The number of nitrogens with two attached hydrogens (primary N) is 1. The van der Waals surface area contributed by atoms with Gasteiger partial charge in [0.15, 0.2) is 0 Å². The van der Waals surface area contributed by atoms with Crippen molar-refractivity contribution in [2.75, 3.05) is 33.4 Å². The first kappa shape index (κ1) is 33.6. The van der Waals surface area contributed by atoms with E-state index < -0.39 is 11.5 Å². The molecule has 2 aliphatic rings. The lowest BCUT2D eigenvalue weighted by Gasteiger charge is -2.40. The zero-order chi connectivity index (χ0) is 32.7. The van der Waals surface area contributed by atoms with Gasteiger partial charge in [0.2, 0.25) is 5.91 Å². The lowest BCUT2D eigenvalue weighted by molar-refractivity contribution is -0.139. The van der Waals surface area contributed by atoms with Crippen molar-refractivity contribution in [3.63, 3.8) is 0 Å². The van der Waals surface area contributed by atoms with Crippen molar-refractivity contribution in [2.24, 2.45) is 11.7 Å². The van der Waals surface area contributed by atoms with Gasteiger partial charge >= 0.3 is 6.09 Å². The number of para-hydroxylation sites is 1. The number of unbranched alkanes of at least 4 members (excludes halogenated alkanes) is 1. The maximum absolute atomic E-state index is 14.8. The molecule has 46 heavy (non-hydrogen) atoms. The highest BCUT2D eigenvalue weighted by Crippen LogP contribution is 2.39. The van der Waals surface area contributed by atoms with Crippen molar-refractivity contribution in [3.8, 4) is 11.8 Å². The second-order valence-electron chi connectivity index (χ2n) is 13.7. The first-order valence-corrected chi connectivity index (χ1v) is 16.8. The number of nitrogens with zero attached hydrogens (tertiary/aromatic N) is 3. The first-order valence-electron chi connectivity index (χ1n) is 16.8. The lowest BCUT2D eigenvalue weighted by Crippen LogP contribution is -2.51. The summed E-state index contributed by atoms with van der Waals surface area (Å²) < 4.78 is 13.3. The van der Waals surface area contributed by atoms with Crippen molar-refractivity contribution in [1.82, 2.24) is 14.4 Å². The molecule has 2 amide bonds. The number of fused-ring (bicyclic) bond motifs is 1. The third-order valence-electron chi connectivity index (χ3n) is 8.87. The van der Waals surface area contributed by atoms with Crippen LogP contribution < -0.4 is 5.73 Å². The second kappa shape index (κ2) is 15.2. The summed E-state index contributed by atoms with van der Waals surface area (Å²) in [6.45, 7) is 9.22. The SMILES string of the molecule is COCCCn1cc(CN(C(=O)[C@H]2CN(C(=O)OC(C)(C)C)CC[C@@H]2c2cccc(C#CCCCN)c2)C2CC2)c2ccccc21. The summed E-state index contributed by atoms with van der Waals surface area (Å²) >= 11 is 0. The van der Waals surface area contributed by atoms with Gasteiger partial charge in [-0.2, -0.15) is 0 Å². The minimum absolute atomic E-state index is 0.0337. The van der Waals surface area contributed by atoms with E-state index in [1.54, 1.807) is 12.0 Å². The summed E-state index contributed by atoms with van der Waals surface area (Å²) in [5, 5.41) is 1.18. The zero-order valence-electron chi connectivity index (χ0n) is 28.0. The second-order valence-corrected chi connectivity index (χ2v) is 13.7. The van der Waals surface area contributed by atoms with Crippen molar-refractivity contribution in [3.05, 3.63) is 71.4 Å². The highest BCUT2D eigenvalue weighted by molar-refractivity contribution is 5.86. The van der Waals surface area contributed by atoms with E-state index in [4.69, 9.17) is 15.2 Å². The summed E-state index contributed by atoms with van der Waals surface area (Å²) in [7, 11) is 1.73. The average Bonchev–Trinajstić information content (AvgIpc) is 3.83. The Morgan fingerprint density at radius 2 is 1.87 bits per heavy atom. The summed E-state index contributed by atoms with van der Waals surface area (Å²) in [6, 6.07) is 16.9. The van der Waals surface area contributed by atoms with E-state index in [0.29, 0.717) is 39.2 Å². The van der Waals surface area contributed by atoms with Crippen LogP contribution in [0, 0.1) is 17.8 Å². The maximum atomic E-state index is 14.8. The minimum Gasteiger partial charge on any atom is -0.444 e. The number of piperidine rings is 1. The fourth-order valence-electron chi connectivity index (χ4n) is 6.48. The molecule has 2 N–H and O–H groups in total. The number of rotatable bonds is 11. The molecular weight excluding hydrogens is 576 g/mol. The summed E-state index contributed by atoms with van der Waals surface area (Å²) in [5.74, 6) is 6.19. The normalized spacial score (nSPS) is 18.2. The molecule has 0 radical (unpaired) electrons. The van der Waals surface area contributed by atoms with Crippen LogP contribution in [0.25, 0.3) is 10.9 Å². The third-order valence-corrected chi connectivity index (χ3v) is 8.87. The van der Waals surface area contributed by atoms with E-state index in [-0.39, 0.29) is 24.0 Å². The minimum atomic E-state index is -0.609. The summed E-state index contributed by atoms with van der Waals surface area (Å²) in [4.78, 5) is 31.9. The van der Waals surface area contributed by atoms with Gasteiger partial charge in [-0.05, 0) is 94.7 Å². The summed E-state index contributed by atoms with van der Waals surface area (Å²) in [6.07, 6.45) is 7.07. The van der Waals surface area contributed by atoms with Gasteiger partial charge in [-0.3, -0.25) is 4.79 Å². The number of ether oxygens (including phenoxy) is 2. The quantitative estimate of drug-likeness (QED) is 0.199. The van der Waals surface area contributed by atoms with E-state index in [0.717, 1.165) is 55.3 Å². The summed E-state index contributed by atoms with van der Waals surface area (Å²) in [5.41, 5.74) is 9.40. The van der Waals surface area contributed by atoms with Gasteiger partial charge in [0.25, 0.3) is 0 Å². The highest BCUT2D eigenvalue weighted by atomic mass is 16.6. The molecule has 2 fully saturated rings. The first-order chi connectivity index (χ1) is 22.2. The van der Waals surface area contributed by atoms with Crippen LogP contribution in [-0.2, 0) is 27.4 Å². The molecular formula is C38H50N4O4. The van der Waals surface area contributed by atoms with Gasteiger partial charge in [0, 0.05) is 75.0 Å². The Labute approximate surface area is 274 Å². The van der Waals surface area contributed by atoms with E-state index in [1.165, 1.54) is 10.9 Å². The number of carbonyl (C=O) groups excluding carboxylic acids is 2. The Balaban J connectivity index is 1.45. The molecule has 1 saturated heterocycles. The molecule has 5 rings (SSSR count). The number of carbonyl (C=O) groups is 2. The van der Waals surface area contributed by atoms with Crippen molar-refractivity contribution >= 4 is 22.9 Å². The van der Waals surface area contributed by atoms with Crippen LogP contribution in [0.3, 0.4) is 0 Å². The number of aryl methyl sites for hydroxylation is 1. The van der Waals surface area contributed by atoms with E-state index >= 15 is 0 Å². The number of hydrogen-bond donors (Lipinski definition) is 1. The molecule has 8 nitrogen and oxygen atoms in total. The molecule has 1 aliphatic carbocycles. The molecule has 1 aromatic heterocycles. The van der Waals surface area contributed by atoms with Crippen LogP contribution in [0.15, 0.2) is 54.7 Å². The van der Waals surface area contributed by atoms with Crippen LogP contribution in [-0.4, -0.2) is 71.4 Å². The standard InChI is InChI=1S/C38H50N4O4/c1-38(2,3)46-37(44)41-22-19-32(29-14-10-13-28(24-29)12-6-5-9-20-39)34(27-41)36(43)42(31-17-18-31)26-30-25-40(21-11-23-45-4)35-16-8-7-15-33(30)35/h7-8,10,13-16,24-25,31-32,34H,5,9,11,17-23,26-27,39H2,1-4H3/t32-,34+/m1/s1. The van der Waals surface area contributed by atoms with Crippen LogP contribution in [0.4, 0.5) is 4.79 Å². The van der Waals surface area contributed by atoms with Crippen LogP contribution >= 0.6 is 0 Å². The topological polar surface area (TPSA) is 90.0 Å². The molecule has 0 unspecified atom stereocenters. The van der Waals surface area contributed by atoms with Gasteiger partial charge in [-0.15, -0.1) is 0 Å². The van der Waals surface area contributed by atoms with Crippen LogP contribution in [0.2, 0.25) is 0 Å². The fourth-order valence-corrected chi connectivity index (χ4v) is 6.48. The molecule has 1 aliphatic heterocycles. The molecule has 1 saturated carbocycles. The Bertz CT molecular complexity index is 1560. The van der Waals surface area contributed by atoms with Gasteiger partial charge in [0.1, 0.15) is 5.60 Å². The molecule has 2 aromatic carbocycles. The van der Waals surface area contributed by atoms with E-state index in [1.807, 2.05) is 32.9 Å². The Morgan fingerprint density at radius 1 is 1.07 bits per heavy atom. The Morgan fingerprint density at radius 3 is 2.61 bits per heavy atom. The van der Waals surface area contributed by atoms with Crippen LogP contribution in [0.5, 0.6) is 0 Å². The predicted molar refractivity (Wildman–Crippen MR) is 182 cm³/mol. The monoisotopic (exact) mass is 626 g/mol. The molecule has 8 heteroatoms. The van der Waals surface area contributed by atoms with Crippen LogP contribution in [0.1, 0.15) is 81.9 Å². The van der Waals surface area contributed by atoms with Gasteiger partial charge in [0.05, 0.1) is 5.92 Å². The smallest absolute Gasteiger partial charge is 0.410 e. The Hall–Kier alpha value is -3.80. The molecule has 3 aromatic rings. The molecule has 0 bridgehead atoms. The average molecular weight is 627 g/mol. The lowest BCUT2D eigenvalue weighted by atomic mass is 9.79. The fraction of sp³-hybridized carbons (Fsp3) is 0.526. The number of amides is 2. The number of hydrogen-bond acceptors (Lipinski definition) is 5. The van der Waals surface area contributed by atoms with Crippen molar-refractivity contribution in [1.29, 1.82) is 0 Å². The molecule has 0 spiro atoms. The maximum Gasteiger partial charge on any atom is 0.410 e. The molecule has 246 valence electrons. The number of methoxy groups -OCH3 is 1. The van der Waals surface area contributed by atoms with Gasteiger partial charge in [-0.25, -0.2) is 4.79 Å². The largest absolute Gasteiger partial charge is 0.444 e. The predicted octanol–water partition coefficient (Wildman–Crippen LogP) is 6.30. The van der Waals surface area contributed by atoms with E-state index in [2.05, 4.69) is 63.9 Å². The molecule has 2 heterocycles.